The van der Waals surface area contributed by atoms with Gasteiger partial charge in [0.15, 0.2) is 0 Å². The average molecular weight is 324 g/mol. The van der Waals surface area contributed by atoms with E-state index in [4.69, 9.17) is 0 Å². The summed E-state index contributed by atoms with van der Waals surface area (Å²) < 4.78 is 0. The summed E-state index contributed by atoms with van der Waals surface area (Å²) in [5.41, 5.74) is 1.83. The zero-order chi connectivity index (χ0) is 16.1. The Kier molecular flexibility index (Phi) is 4.63. The molecule has 2 heterocycles. The number of nitrogens with one attached hydrogen (secondary N) is 2. The molecule has 3 rings (SSSR count). The van der Waals surface area contributed by atoms with Gasteiger partial charge in [0.05, 0.1) is 0 Å². The first kappa shape index (κ1) is 15.2. The van der Waals surface area contributed by atoms with Gasteiger partial charge in [-0.25, -0.2) is 14.8 Å². The molecule has 116 valence electrons. The summed E-state index contributed by atoms with van der Waals surface area (Å²) in [6.45, 7) is 1.88. The molecule has 0 aliphatic carbocycles. The number of rotatable bonds is 4. The largest absolute Gasteiger partial charge is 0.324 e. The van der Waals surface area contributed by atoms with Crippen LogP contribution in [0.25, 0.3) is 0 Å². The molecule has 1 aromatic carbocycles. The molecule has 0 aliphatic rings. The summed E-state index contributed by atoms with van der Waals surface area (Å²) in [5.74, 6) is 0.522. The molecule has 0 fully saturated rings. The van der Waals surface area contributed by atoms with E-state index in [0.29, 0.717) is 5.82 Å². The summed E-state index contributed by atoms with van der Waals surface area (Å²) >= 11 is 1.51. The summed E-state index contributed by atoms with van der Waals surface area (Å²) in [5, 5.41) is 8.45. The molecule has 0 saturated heterocycles. The van der Waals surface area contributed by atoms with Crippen LogP contribution in [0.1, 0.15) is 22.3 Å². The third-order valence-corrected chi connectivity index (χ3v) is 4.08. The zero-order valence-corrected chi connectivity index (χ0v) is 13.4. The number of urea groups is 1. The van der Waals surface area contributed by atoms with Crippen molar-refractivity contribution in [1.82, 2.24) is 15.3 Å². The van der Waals surface area contributed by atoms with Crippen LogP contribution >= 0.6 is 11.3 Å². The van der Waals surface area contributed by atoms with Gasteiger partial charge in [-0.15, -0.1) is 11.3 Å². The molecule has 2 aromatic heterocycles. The topological polar surface area (TPSA) is 66.9 Å². The molecule has 23 heavy (non-hydrogen) atoms. The van der Waals surface area contributed by atoms with Crippen molar-refractivity contribution in [3.8, 4) is 0 Å². The number of amides is 2. The third kappa shape index (κ3) is 3.92. The maximum Gasteiger partial charge on any atom is 0.321 e. The number of nitrogens with zero attached hydrogens (tertiary/aromatic N) is 2. The second-order valence-electron chi connectivity index (χ2n) is 4.98. The summed E-state index contributed by atoms with van der Waals surface area (Å²) in [7, 11) is 0. The fourth-order valence-corrected chi connectivity index (χ4v) is 2.92. The lowest BCUT2D eigenvalue weighted by atomic mass is 10.1. The Bertz CT molecular complexity index is 774. The number of pyridine rings is 1. The molecule has 0 bridgehead atoms. The number of thiazole rings is 1. The Labute approximate surface area is 138 Å². The Balaban J connectivity index is 1.77. The second-order valence-corrected chi connectivity index (χ2v) is 5.90. The smallest absolute Gasteiger partial charge is 0.321 e. The SMILES string of the molecule is Cc1cccc(NC(=O)N[C@@H](c2ccccc2)c2nccs2)n1. The van der Waals surface area contributed by atoms with Crippen LogP contribution in [0.5, 0.6) is 0 Å². The molecule has 0 unspecified atom stereocenters. The van der Waals surface area contributed by atoms with E-state index >= 15 is 0 Å². The van der Waals surface area contributed by atoms with Crippen LogP contribution in [0.15, 0.2) is 60.1 Å². The number of aromatic nitrogens is 2. The lowest BCUT2D eigenvalue weighted by molar-refractivity contribution is 0.250. The van der Waals surface area contributed by atoms with E-state index in [9.17, 15) is 4.79 Å². The number of aryl methyl sites for hydroxylation is 1. The van der Waals surface area contributed by atoms with E-state index in [1.807, 2.05) is 54.8 Å². The highest BCUT2D eigenvalue weighted by Gasteiger charge is 2.19. The first-order chi connectivity index (χ1) is 11.2. The molecule has 0 spiro atoms. The van der Waals surface area contributed by atoms with Crippen LogP contribution in [0.3, 0.4) is 0 Å². The third-order valence-electron chi connectivity index (χ3n) is 3.24. The van der Waals surface area contributed by atoms with Crippen LogP contribution in [0.2, 0.25) is 0 Å². The van der Waals surface area contributed by atoms with Crippen molar-refractivity contribution < 1.29 is 4.79 Å². The molecule has 2 N–H and O–H groups in total. The van der Waals surface area contributed by atoms with Crippen molar-refractivity contribution in [3.05, 3.63) is 76.4 Å². The molecule has 0 radical (unpaired) electrons. The van der Waals surface area contributed by atoms with E-state index in [-0.39, 0.29) is 12.1 Å². The summed E-state index contributed by atoms with van der Waals surface area (Å²) in [4.78, 5) is 20.9. The summed E-state index contributed by atoms with van der Waals surface area (Å²) in [6, 6.07) is 14.7. The monoisotopic (exact) mass is 324 g/mol. The van der Waals surface area contributed by atoms with Gasteiger partial charge in [0, 0.05) is 17.3 Å². The molecule has 0 saturated carbocycles. The Morgan fingerprint density at radius 2 is 1.96 bits per heavy atom. The van der Waals surface area contributed by atoms with Gasteiger partial charge >= 0.3 is 6.03 Å². The van der Waals surface area contributed by atoms with Gasteiger partial charge in [0.2, 0.25) is 0 Å². The van der Waals surface area contributed by atoms with E-state index in [1.54, 1.807) is 12.3 Å². The van der Waals surface area contributed by atoms with Crippen molar-refractivity contribution >= 4 is 23.2 Å². The molecular weight excluding hydrogens is 308 g/mol. The van der Waals surface area contributed by atoms with Gasteiger partial charge in [-0.2, -0.15) is 0 Å². The Morgan fingerprint density at radius 1 is 1.13 bits per heavy atom. The fourth-order valence-electron chi connectivity index (χ4n) is 2.21. The van der Waals surface area contributed by atoms with Gasteiger partial charge in [-0.3, -0.25) is 5.32 Å². The van der Waals surface area contributed by atoms with Crippen molar-refractivity contribution in [1.29, 1.82) is 0 Å². The zero-order valence-electron chi connectivity index (χ0n) is 12.6. The first-order valence-electron chi connectivity index (χ1n) is 7.18. The lowest BCUT2D eigenvalue weighted by Crippen LogP contribution is -2.33. The maximum atomic E-state index is 12.3. The quantitative estimate of drug-likeness (QED) is 0.768. The summed E-state index contributed by atoms with van der Waals surface area (Å²) in [6.07, 6.45) is 1.73. The molecule has 0 aliphatic heterocycles. The van der Waals surface area contributed by atoms with Crippen LogP contribution in [-0.4, -0.2) is 16.0 Å². The number of anilines is 1. The van der Waals surface area contributed by atoms with E-state index in [1.165, 1.54) is 11.3 Å². The number of hydrogen-bond donors (Lipinski definition) is 2. The van der Waals surface area contributed by atoms with Crippen LogP contribution < -0.4 is 10.6 Å². The van der Waals surface area contributed by atoms with Crippen molar-refractivity contribution in [2.24, 2.45) is 0 Å². The van der Waals surface area contributed by atoms with Crippen LogP contribution in [-0.2, 0) is 0 Å². The van der Waals surface area contributed by atoms with Crippen molar-refractivity contribution in [2.75, 3.05) is 5.32 Å². The predicted molar refractivity (Wildman–Crippen MR) is 91.5 cm³/mol. The van der Waals surface area contributed by atoms with Gasteiger partial charge in [0.1, 0.15) is 16.9 Å². The molecule has 2 amide bonds. The number of hydrogen-bond acceptors (Lipinski definition) is 4. The molecule has 3 aromatic rings. The van der Waals surface area contributed by atoms with Gasteiger partial charge < -0.3 is 5.32 Å². The Hall–Kier alpha value is -2.73. The average Bonchev–Trinajstić information content (AvgIpc) is 3.07. The highest BCUT2D eigenvalue weighted by Crippen LogP contribution is 2.23. The van der Waals surface area contributed by atoms with E-state index in [2.05, 4.69) is 20.6 Å². The van der Waals surface area contributed by atoms with Gasteiger partial charge in [-0.1, -0.05) is 36.4 Å². The van der Waals surface area contributed by atoms with E-state index in [0.717, 1.165) is 16.3 Å². The molecule has 1 atom stereocenters. The highest BCUT2D eigenvalue weighted by molar-refractivity contribution is 7.09. The second kappa shape index (κ2) is 7.02. The fraction of sp³-hybridized carbons (Fsp3) is 0.118. The first-order valence-corrected chi connectivity index (χ1v) is 8.06. The van der Waals surface area contributed by atoms with Crippen molar-refractivity contribution in [3.63, 3.8) is 0 Å². The predicted octanol–water partition coefficient (Wildman–Crippen LogP) is 3.76. The normalized spacial score (nSPS) is 11.7. The highest BCUT2D eigenvalue weighted by atomic mass is 32.1. The standard InChI is InChI=1S/C17H16N4OS/c1-12-6-5-9-14(19-12)20-17(22)21-15(16-18-10-11-23-16)13-7-3-2-4-8-13/h2-11,15H,1H3,(H2,19,20,21,22)/t15-/m0/s1. The molecule has 5 nitrogen and oxygen atoms in total. The number of benzene rings is 1. The van der Waals surface area contributed by atoms with Crippen molar-refractivity contribution in [2.45, 2.75) is 13.0 Å². The van der Waals surface area contributed by atoms with Gasteiger partial charge in [-0.05, 0) is 24.6 Å². The Morgan fingerprint density at radius 3 is 2.65 bits per heavy atom. The lowest BCUT2D eigenvalue weighted by Gasteiger charge is -2.17. The molecule has 6 heteroatoms. The number of carbonyl (C=O) groups excluding carboxylic acids is 1. The minimum Gasteiger partial charge on any atom is -0.324 e. The number of carbonyl (C=O) groups is 1. The van der Waals surface area contributed by atoms with Crippen LogP contribution in [0.4, 0.5) is 10.6 Å². The molecular formula is C17H16N4OS. The minimum absolute atomic E-state index is 0.291. The minimum atomic E-state index is -0.313. The van der Waals surface area contributed by atoms with E-state index < -0.39 is 0 Å². The van der Waals surface area contributed by atoms with Gasteiger partial charge in [0.25, 0.3) is 0 Å². The van der Waals surface area contributed by atoms with Crippen LogP contribution in [0, 0.1) is 6.92 Å². The maximum absolute atomic E-state index is 12.3.